The number of hydrogen-bond acceptors (Lipinski definition) is 4. The first-order valence-corrected chi connectivity index (χ1v) is 8.78. The molecule has 4 aromatic rings. The molecule has 0 saturated carbocycles. The van der Waals surface area contributed by atoms with Crippen molar-refractivity contribution < 1.29 is 9.66 Å². The second kappa shape index (κ2) is 7.75. The van der Waals surface area contributed by atoms with Crippen LogP contribution in [0.5, 0.6) is 11.5 Å². The molecule has 8 heteroatoms. The van der Waals surface area contributed by atoms with Crippen LogP contribution in [0, 0.1) is 10.1 Å². The summed E-state index contributed by atoms with van der Waals surface area (Å²) >= 11 is 0. The van der Waals surface area contributed by atoms with E-state index in [9.17, 15) is 10.1 Å². The Labute approximate surface area is 165 Å². The number of hydrogen-bond donors (Lipinski definition) is 1. The van der Waals surface area contributed by atoms with Gasteiger partial charge in [0.25, 0.3) is 5.69 Å². The number of fused-ring (bicyclic) bond motifs is 1. The highest BCUT2D eigenvalue weighted by molar-refractivity contribution is 5.88. The van der Waals surface area contributed by atoms with E-state index in [2.05, 4.69) is 15.0 Å². The second-order valence-corrected chi connectivity index (χ2v) is 6.33. The van der Waals surface area contributed by atoms with Crippen LogP contribution in [0.2, 0.25) is 0 Å². The van der Waals surface area contributed by atoms with E-state index in [1.54, 1.807) is 6.07 Å². The molecule has 1 N–H and O–H groups in total. The molecule has 4 rings (SSSR count). The number of rotatable bonds is 6. The van der Waals surface area contributed by atoms with Crippen LogP contribution in [-0.2, 0) is 6.54 Å². The average Bonchev–Trinajstić information content (AvgIpc) is 3.16. The van der Waals surface area contributed by atoms with Crippen molar-refractivity contribution in [3.63, 3.8) is 0 Å². The van der Waals surface area contributed by atoms with Crippen LogP contribution in [0.25, 0.3) is 32.6 Å². The molecule has 8 nitrogen and oxygen atoms in total. The SMILES string of the molecule is [N-]=[N+]=NCc1ccc(Oc2ccccc2)cc1-c1cc2cc([N+](=O)[O-])ccc2[nH]1. The zero-order valence-corrected chi connectivity index (χ0v) is 15.1. The Morgan fingerprint density at radius 3 is 2.62 bits per heavy atom. The van der Waals surface area contributed by atoms with Crippen molar-refractivity contribution in [3.05, 3.63) is 98.9 Å². The van der Waals surface area contributed by atoms with Gasteiger partial charge in [-0.15, -0.1) is 0 Å². The summed E-state index contributed by atoms with van der Waals surface area (Å²) < 4.78 is 5.92. The van der Waals surface area contributed by atoms with Gasteiger partial charge in [-0.3, -0.25) is 10.1 Å². The van der Waals surface area contributed by atoms with Crippen LogP contribution < -0.4 is 4.74 Å². The van der Waals surface area contributed by atoms with Gasteiger partial charge in [0.05, 0.1) is 11.5 Å². The Morgan fingerprint density at radius 1 is 1.03 bits per heavy atom. The normalized spacial score (nSPS) is 10.5. The largest absolute Gasteiger partial charge is 0.457 e. The minimum atomic E-state index is -0.423. The Bertz CT molecular complexity index is 1240. The highest BCUT2D eigenvalue weighted by atomic mass is 16.6. The lowest BCUT2D eigenvalue weighted by Crippen LogP contribution is -1.91. The number of non-ortho nitro benzene ring substituents is 1. The van der Waals surface area contributed by atoms with Gasteiger partial charge in [-0.05, 0) is 47.5 Å². The first-order valence-electron chi connectivity index (χ1n) is 8.78. The molecule has 0 aliphatic rings. The van der Waals surface area contributed by atoms with Crippen molar-refractivity contribution >= 4 is 16.6 Å². The number of aromatic nitrogens is 1. The van der Waals surface area contributed by atoms with E-state index < -0.39 is 4.92 Å². The minimum absolute atomic E-state index is 0.0264. The minimum Gasteiger partial charge on any atom is -0.457 e. The Balaban J connectivity index is 1.78. The Hall–Kier alpha value is -4.29. The van der Waals surface area contributed by atoms with Crippen LogP contribution in [0.4, 0.5) is 5.69 Å². The summed E-state index contributed by atoms with van der Waals surface area (Å²) in [5.74, 6) is 1.33. The predicted molar refractivity (Wildman–Crippen MR) is 110 cm³/mol. The van der Waals surface area contributed by atoms with Gasteiger partial charge in [0.15, 0.2) is 0 Å². The van der Waals surface area contributed by atoms with Gasteiger partial charge in [-0.2, -0.15) is 0 Å². The van der Waals surface area contributed by atoms with E-state index in [1.807, 2.05) is 54.6 Å². The molecule has 0 aliphatic carbocycles. The fourth-order valence-corrected chi connectivity index (χ4v) is 3.12. The zero-order valence-electron chi connectivity index (χ0n) is 15.1. The fraction of sp³-hybridized carbons (Fsp3) is 0.0476. The first-order chi connectivity index (χ1) is 14.1. The standard InChI is InChI=1S/C21H15N5O3/c22-25-23-13-14-6-8-18(29-17-4-2-1-3-5-17)12-19(14)21-11-15-10-16(26(27)28)7-9-20(15)24-21/h1-12,24H,13H2. The summed E-state index contributed by atoms with van der Waals surface area (Å²) in [6, 6.07) is 21.4. The molecule has 0 fully saturated rings. The summed E-state index contributed by atoms with van der Waals surface area (Å²) in [5, 5.41) is 15.4. The number of benzene rings is 3. The third kappa shape index (κ3) is 3.87. The molecule has 0 atom stereocenters. The molecule has 0 radical (unpaired) electrons. The molecule has 0 spiro atoms. The smallest absolute Gasteiger partial charge is 0.270 e. The van der Waals surface area contributed by atoms with Crippen LogP contribution in [0.1, 0.15) is 5.56 Å². The van der Waals surface area contributed by atoms with E-state index in [0.29, 0.717) is 11.5 Å². The van der Waals surface area contributed by atoms with Crippen molar-refractivity contribution in [3.8, 4) is 22.8 Å². The van der Waals surface area contributed by atoms with Gasteiger partial charge in [0.2, 0.25) is 0 Å². The molecule has 1 aromatic heterocycles. The average molecular weight is 385 g/mol. The number of nitro benzene ring substituents is 1. The fourth-order valence-electron chi connectivity index (χ4n) is 3.12. The number of nitro groups is 1. The van der Waals surface area contributed by atoms with Gasteiger partial charge in [0, 0.05) is 39.2 Å². The molecule has 29 heavy (non-hydrogen) atoms. The predicted octanol–water partition coefficient (Wildman–Crippen LogP) is 6.35. The van der Waals surface area contributed by atoms with Crippen LogP contribution in [-0.4, -0.2) is 9.91 Å². The molecule has 0 bridgehead atoms. The maximum absolute atomic E-state index is 11.0. The quantitative estimate of drug-likeness (QED) is 0.137. The molecule has 1 heterocycles. The van der Waals surface area contributed by atoms with Crippen LogP contribution >= 0.6 is 0 Å². The lowest BCUT2D eigenvalue weighted by Gasteiger charge is -2.11. The molecule has 0 amide bonds. The molecule has 142 valence electrons. The topological polar surface area (TPSA) is 117 Å². The Morgan fingerprint density at radius 2 is 1.86 bits per heavy atom. The van der Waals surface area contributed by atoms with E-state index in [1.165, 1.54) is 12.1 Å². The van der Waals surface area contributed by atoms with Gasteiger partial charge < -0.3 is 9.72 Å². The van der Waals surface area contributed by atoms with Gasteiger partial charge in [0.1, 0.15) is 11.5 Å². The zero-order chi connectivity index (χ0) is 20.2. The van der Waals surface area contributed by atoms with Crippen molar-refractivity contribution in [1.82, 2.24) is 4.98 Å². The van der Waals surface area contributed by atoms with E-state index in [-0.39, 0.29) is 12.2 Å². The second-order valence-electron chi connectivity index (χ2n) is 6.33. The van der Waals surface area contributed by atoms with Gasteiger partial charge in [-0.1, -0.05) is 29.4 Å². The number of nitrogens with one attached hydrogen (secondary N) is 1. The third-order valence-corrected chi connectivity index (χ3v) is 4.47. The lowest BCUT2D eigenvalue weighted by atomic mass is 10.0. The van der Waals surface area contributed by atoms with Crippen molar-refractivity contribution in [2.24, 2.45) is 5.11 Å². The van der Waals surface area contributed by atoms with Crippen molar-refractivity contribution in [1.29, 1.82) is 0 Å². The number of para-hydroxylation sites is 1. The highest BCUT2D eigenvalue weighted by Gasteiger charge is 2.13. The molecule has 0 aliphatic heterocycles. The number of aromatic amines is 1. The molecule has 3 aromatic carbocycles. The number of ether oxygens (including phenoxy) is 1. The number of nitrogens with zero attached hydrogens (tertiary/aromatic N) is 4. The molecular weight excluding hydrogens is 370 g/mol. The van der Waals surface area contributed by atoms with Gasteiger partial charge >= 0.3 is 0 Å². The van der Waals surface area contributed by atoms with Crippen molar-refractivity contribution in [2.75, 3.05) is 0 Å². The third-order valence-electron chi connectivity index (χ3n) is 4.47. The highest BCUT2D eigenvalue weighted by Crippen LogP contribution is 2.33. The van der Waals surface area contributed by atoms with Crippen molar-refractivity contribution in [2.45, 2.75) is 6.54 Å². The van der Waals surface area contributed by atoms with Crippen LogP contribution in [0.15, 0.2) is 77.9 Å². The van der Waals surface area contributed by atoms with Gasteiger partial charge in [-0.25, -0.2) is 0 Å². The van der Waals surface area contributed by atoms with E-state index in [0.717, 1.165) is 27.7 Å². The maximum Gasteiger partial charge on any atom is 0.270 e. The Kier molecular flexibility index (Phi) is 4.84. The lowest BCUT2D eigenvalue weighted by molar-refractivity contribution is -0.384. The van der Waals surface area contributed by atoms with E-state index in [4.69, 9.17) is 10.3 Å². The summed E-state index contributed by atoms with van der Waals surface area (Å²) in [6.07, 6.45) is 0. The summed E-state index contributed by atoms with van der Waals surface area (Å²) in [7, 11) is 0. The molecule has 0 saturated heterocycles. The van der Waals surface area contributed by atoms with Crippen LogP contribution in [0.3, 0.4) is 0 Å². The number of azide groups is 1. The number of H-pyrrole nitrogens is 1. The monoisotopic (exact) mass is 385 g/mol. The summed E-state index contributed by atoms with van der Waals surface area (Å²) in [4.78, 5) is 16.7. The molecule has 0 unspecified atom stereocenters. The summed E-state index contributed by atoms with van der Waals surface area (Å²) in [5.41, 5.74) is 11.9. The van der Waals surface area contributed by atoms with E-state index >= 15 is 0 Å². The first kappa shape index (κ1) is 18.1. The molecular formula is C21H15N5O3. The summed E-state index contributed by atoms with van der Waals surface area (Å²) in [6.45, 7) is 0.174. The maximum atomic E-state index is 11.0.